The van der Waals surface area contributed by atoms with Crippen molar-refractivity contribution in [3.8, 4) is 17.2 Å². The van der Waals surface area contributed by atoms with E-state index < -0.39 is 0 Å². The van der Waals surface area contributed by atoms with Crippen molar-refractivity contribution in [3.63, 3.8) is 0 Å². The molecule has 0 aliphatic carbocycles. The number of rotatable bonds is 13. The molecule has 0 saturated heterocycles. The minimum Gasteiger partial charge on any atom is -0.493 e. The monoisotopic (exact) mass is 515 g/mol. The Bertz CT molecular complexity index is 1350. The van der Waals surface area contributed by atoms with Gasteiger partial charge in [0.2, 0.25) is 5.91 Å². The first-order valence-electron chi connectivity index (χ1n) is 13.1. The zero-order chi connectivity index (χ0) is 26.9. The number of hydrogen-bond donors (Lipinski definition) is 1. The number of nitrogens with zero attached hydrogens (tertiary/aromatic N) is 2. The molecule has 0 fully saturated rings. The van der Waals surface area contributed by atoms with Crippen molar-refractivity contribution in [2.75, 3.05) is 27.4 Å². The Morgan fingerprint density at radius 3 is 2.47 bits per heavy atom. The lowest BCUT2D eigenvalue weighted by molar-refractivity contribution is -0.120. The molecule has 4 aromatic rings. The van der Waals surface area contributed by atoms with E-state index in [-0.39, 0.29) is 12.3 Å². The van der Waals surface area contributed by atoms with E-state index in [4.69, 9.17) is 19.2 Å². The van der Waals surface area contributed by atoms with Gasteiger partial charge in [-0.2, -0.15) is 0 Å². The van der Waals surface area contributed by atoms with Gasteiger partial charge in [0.15, 0.2) is 11.5 Å². The molecule has 4 rings (SSSR count). The number of para-hydroxylation sites is 2. The normalized spacial score (nSPS) is 11.1. The molecule has 200 valence electrons. The highest BCUT2D eigenvalue weighted by Crippen LogP contribution is 2.27. The van der Waals surface area contributed by atoms with Crippen LogP contribution in [-0.2, 0) is 24.2 Å². The van der Waals surface area contributed by atoms with Gasteiger partial charge in [-0.15, -0.1) is 0 Å². The smallest absolute Gasteiger partial charge is 0.224 e. The fourth-order valence-electron chi connectivity index (χ4n) is 4.48. The van der Waals surface area contributed by atoms with Gasteiger partial charge >= 0.3 is 0 Å². The molecule has 0 aliphatic rings. The number of ether oxygens (including phenoxy) is 3. The minimum absolute atomic E-state index is 0.0254. The lowest BCUT2D eigenvalue weighted by Crippen LogP contribution is -2.26. The van der Waals surface area contributed by atoms with Crippen LogP contribution in [0.5, 0.6) is 17.2 Å². The Morgan fingerprint density at radius 1 is 0.974 bits per heavy atom. The summed E-state index contributed by atoms with van der Waals surface area (Å²) >= 11 is 0. The number of methoxy groups -OCH3 is 2. The third-order valence-electron chi connectivity index (χ3n) is 6.58. The molecular weight excluding hydrogens is 478 g/mol. The van der Waals surface area contributed by atoms with Gasteiger partial charge in [0, 0.05) is 13.0 Å². The topological polar surface area (TPSA) is 74.6 Å². The fourth-order valence-corrected chi connectivity index (χ4v) is 4.48. The maximum Gasteiger partial charge on any atom is 0.224 e. The van der Waals surface area contributed by atoms with Crippen LogP contribution in [0, 0.1) is 0 Å². The molecule has 0 bridgehead atoms. The Balaban J connectivity index is 1.30. The summed E-state index contributed by atoms with van der Waals surface area (Å²) in [4.78, 5) is 17.4. The van der Waals surface area contributed by atoms with Crippen LogP contribution < -0.4 is 19.5 Å². The van der Waals surface area contributed by atoms with Crippen LogP contribution in [0.4, 0.5) is 0 Å². The summed E-state index contributed by atoms with van der Waals surface area (Å²) in [5.41, 5.74) is 4.25. The minimum atomic E-state index is -0.0254. The molecular formula is C31H37N3O4. The number of aryl methyl sites for hydroxylation is 1. The van der Waals surface area contributed by atoms with Crippen molar-refractivity contribution in [1.82, 2.24) is 14.9 Å². The van der Waals surface area contributed by atoms with Crippen LogP contribution >= 0.6 is 0 Å². The van der Waals surface area contributed by atoms with E-state index in [1.165, 1.54) is 5.56 Å². The number of benzene rings is 3. The van der Waals surface area contributed by atoms with E-state index >= 15 is 0 Å². The molecule has 3 aromatic carbocycles. The summed E-state index contributed by atoms with van der Waals surface area (Å²) in [5.74, 6) is 3.61. The molecule has 38 heavy (non-hydrogen) atoms. The highest BCUT2D eigenvalue weighted by molar-refractivity contribution is 5.79. The van der Waals surface area contributed by atoms with E-state index in [1.54, 1.807) is 14.2 Å². The molecule has 0 atom stereocenters. The van der Waals surface area contributed by atoms with E-state index in [2.05, 4.69) is 41.9 Å². The molecule has 1 heterocycles. The van der Waals surface area contributed by atoms with Gasteiger partial charge in [-0.25, -0.2) is 4.98 Å². The maximum atomic E-state index is 12.5. The van der Waals surface area contributed by atoms with Crippen LogP contribution in [0.25, 0.3) is 11.0 Å². The largest absolute Gasteiger partial charge is 0.493 e. The first-order chi connectivity index (χ1) is 18.5. The van der Waals surface area contributed by atoms with Crippen molar-refractivity contribution in [2.45, 2.75) is 45.6 Å². The molecule has 1 amide bonds. The van der Waals surface area contributed by atoms with Crippen LogP contribution in [-0.4, -0.2) is 42.8 Å². The number of carbonyl (C=O) groups excluding carboxylic acids is 1. The highest BCUT2D eigenvalue weighted by atomic mass is 16.5. The number of imidazole rings is 1. The summed E-state index contributed by atoms with van der Waals surface area (Å²) in [5, 5.41) is 3.03. The summed E-state index contributed by atoms with van der Waals surface area (Å²) in [6.45, 7) is 6.20. The molecule has 0 spiro atoms. The second-order valence-electron chi connectivity index (χ2n) is 9.56. The van der Waals surface area contributed by atoms with Crippen LogP contribution in [0.2, 0.25) is 0 Å². The molecule has 0 aliphatic heterocycles. The lowest BCUT2D eigenvalue weighted by atomic mass is 10.0. The van der Waals surface area contributed by atoms with E-state index in [9.17, 15) is 4.79 Å². The molecule has 1 N–H and O–H groups in total. The van der Waals surface area contributed by atoms with Crippen LogP contribution in [0.3, 0.4) is 0 Å². The molecule has 0 saturated carbocycles. The molecule has 7 heteroatoms. The predicted molar refractivity (Wildman–Crippen MR) is 150 cm³/mol. The standard InChI is InChI=1S/C31H37N3O4/c1-22(2)24-12-14-25(15-13-24)38-19-18-34-27-9-6-5-8-26(27)33-30(34)10-7-17-32-31(35)21-23-11-16-28(36-3)29(20-23)37-4/h5-6,8-9,11-16,20,22H,7,10,17-19,21H2,1-4H3,(H,32,35). The average Bonchev–Trinajstić information content (AvgIpc) is 3.28. The van der Waals surface area contributed by atoms with Gasteiger partial charge in [0.05, 0.1) is 38.2 Å². The summed E-state index contributed by atoms with van der Waals surface area (Å²) in [6.07, 6.45) is 1.83. The fraction of sp³-hybridized carbons (Fsp3) is 0.355. The Labute approximate surface area is 224 Å². The second kappa shape index (κ2) is 13.0. The van der Waals surface area contributed by atoms with Crippen molar-refractivity contribution in [3.05, 3.63) is 83.7 Å². The average molecular weight is 516 g/mol. The number of aromatic nitrogens is 2. The number of fused-ring (bicyclic) bond motifs is 1. The van der Waals surface area contributed by atoms with Gasteiger partial charge < -0.3 is 24.1 Å². The van der Waals surface area contributed by atoms with Gasteiger partial charge in [-0.1, -0.05) is 44.2 Å². The zero-order valence-electron chi connectivity index (χ0n) is 22.7. The zero-order valence-corrected chi connectivity index (χ0v) is 22.7. The number of carbonyl (C=O) groups is 1. The third-order valence-corrected chi connectivity index (χ3v) is 6.58. The van der Waals surface area contributed by atoms with Crippen molar-refractivity contribution in [2.24, 2.45) is 0 Å². The Morgan fingerprint density at radius 2 is 1.74 bits per heavy atom. The van der Waals surface area contributed by atoms with Gasteiger partial charge in [-0.3, -0.25) is 4.79 Å². The SMILES string of the molecule is COc1ccc(CC(=O)NCCCc2nc3ccccc3n2CCOc2ccc(C(C)C)cc2)cc1OC. The maximum absolute atomic E-state index is 12.5. The van der Waals surface area contributed by atoms with Gasteiger partial charge in [0.25, 0.3) is 0 Å². The van der Waals surface area contributed by atoms with Gasteiger partial charge in [-0.05, 0) is 59.9 Å². The molecule has 1 aromatic heterocycles. The third kappa shape index (κ3) is 6.85. The van der Waals surface area contributed by atoms with E-state index in [0.29, 0.717) is 37.1 Å². The number of hydrogen-bond acceptors (Lipinski definition) is 5. The first kappa shape index (κ1) is 27.0. The molecule has 0 unspecified atom stereocenters. The molecule has 0 radical (unpaired) electrons. The lowest BCUT2D eigenvalue weighted by Gasteiger charge is -2.12. The van der Waals surface area contributed by atoms with Crippen LogP contribution in [0.1, 0.15) is 43.1 Å². The van der Waals surface area contributed by atoms with Crippen molar-refractivity contribution in [1.29, 1.82) is 0 Å². The molecule has 7 nitrogen and oxygen atoms in total. The number of nitrogens with one attached hydrogen (secondary N) is 1. The van der Waals surface area contributed by atoms with Crippen molar-refractivity contribution < 1.29 is 19.0 Å². The summed E-state index contributed by atoms with van der Waals surface area (Å²) in [6, 6.07) is 22.0. The number of amides is 1. The quantitative estimate of drug-likeness (QED) is 0.236. The second-order valence-corrected chi connectivity index (χ2v) is 9.56. The predicted octanol–water partition coefficient (Wildman–Crippen LogP) is 5.55. The van der Waals surface area contributed by atoms with Gasteiger partial charge in [0.1, 0.15) is 18.2 Å². The van der Waals surface area contributed by atoms with Crippen LogP contribution in [0.15, 0.2) is 66.7 Å². The summed E-state index contributed by atoms with van der Waals surface area (Å²) in [7, 11) is 3.18. The van der Waals surface area contributed by atoms with Crippen molar-refractivity contribution >= 4 is 16.9 Å². The van der Waals surface area contributed by atoms with E-state index in [1.807, 2.05) is 48.5 Å². The first-order valence-corrected chi connectivity index (χ1v) is 13.1. The Hall–Kier alpha value is -4.00. The van der Waals surface area contributed by atoms with E-state index in [0.717, 1.165) is 41.0 Å². The Kier molecular flexibility index (Phi) is 9.25. The highest BCUT2D eigenvalue weighted by Gasteiger charge is 2.12. The summed E-state index contributed by atoms with van der Waals surface area (Å²) < 4.78 is 18.9.